The van der Waals surface area contributed by atoms with E-state index in [1.54, 1.807) is 18.5 Å². The minimum atomic E-state index is -0.268. The van der Waals surface area contributed by atoms with Crippen LogP contribution in [0.2, 0.25) is 0 Å². The first-order valence-corrected chi connectivity index (χ1v) is 11.3. The highest BCUT2D eigenvalue weighted by Crippen LogP contribution is 2.37. The lowest BCUT2D eigenvalue weighted by atomic mass is 9.96. The van der Waals surface area contributed by atoms with Gasteiger partial charge in [-0.1, -0.05) is 60.7 Å². The van der Waals surface area contributed by atoms with Crippen LogP contribution in [0, 0.1) is 5.82 Å². The van der Waals surface area contributed by atoms with E-state index in [2.05, 4.69) is 38.7 Å². The number of pyridine rings is 1. The molecule has 5 nitrogen and oxygen atoms in total. The Morgan fingerprint density at radius 3 is 2.52 bits per heavy atom. The number of aromatic nitrogens is 3. The van der Waals surface area contributed by atoms with Crippen molar-refractivity contribution in [1.82, 2.24) is 15.2 Å². The summed E-state index contributed by atoms with van der Waals surface area (Å²) in [6.45, 7) is 0.421. The van der Waals surface area contributed by atoms with Crippen LogP contribution in [-0.4, -0.2) is 15.2 Å². The Labute approximate surface area is 195 Å². The van der Waals surface area contributed by atoms with Crippen molar-refractivity contribution in [2.75, 3.05) is 5.32 Å². The minimum Gasteiger partial charge on any atom is -0.364 e. The molecule has 0 spiro atoms. The third-order valence-corrected chi connectivity index (χ3v) is 5.86. The fourth-order valence-electron chi connectivity index (χ4n) is 3.85. The molecule has 0 aliphatic carbocycles. The second-order valence-corrected chi connectivity index (χ2v) is 8.21. The maximum absolute atomic E-state index is 13.7. The van der Waals surface area contributed by atoms with E-state index in [0.29, 0.717) is 12.4 Å². The molecule has 0 unspecified atom stereocenters. The summed E-state index contributed by atoms with van der Waals surface area (Å²) in [7, 11) is 0. The highest BCUT2D eigenvalue weighted by Gasteiger charge is 2.16. The predicted molar refractivity (Wildman–Crippen MR) is 132 cm³/mol. The van der Waals surface area contributed by atoms with Gasteiger partial charge in [-0.05, 0) is 46.8 Å². The van der Waals surface area contributed by atoms with Crippen molar-refractivity contribution in [2.45, 2.75) is 11.4 Å². The number of hydrogen-bond acceptors (Lipinski definition) is 6. The summed E-state index contributed by atoms with van der Waals surface area (Å²) in [5.74, 6) is 0.366. The fourth-order valence-corrected chi connectivity index (χ4v) is 4.17. The van der Waals surface area contributed by atoms with Crippen molar-refractivity contribution in [1.29, 1.82) is 0 Å². The molecule has 5 aromatic rings. The van der Waals surface area contributed by atoms with Crippen LogP contribution in [0.3, 0.4) is 0 Å². The van der Waals surface area contributed by atoms with Gasteiger partial charge in [-0.25, -0.2) is 4.39 Å². The number of rotatable bonds is 6. The van der Waals surface area contributed by atoms with Gasteiger partial charge in [-0.2, -0.15) is 0 Å². The van der Waals surface area contributed by atoms with Crippen LogP contribution in [0.1, 0.15) is 5.56 Å². The van der Waals surface area contributed by atoms with E-state index in [1.807, 2.05) is 42.5 Å². The predicted octanol–water partition coefficient (Wildman–Crippen LogP) is 6.08. The number of nitrogens with two attached hydrogens (primary N) is 1. The normalized spacial score (nSPS) is 11.0. The number of anilines is 1. The molecule has 33 heavy (non-hydrogen) atoms. The molecule has 0 aliphatic rings. The molecule has 5 rings (SSSR count). The van der Waals surface area contributed by atoms with E-state index in [9.17, 15) is 4.39 Å². The Bertz CT molecular complexity index is 1430. The average Bonchev–Trinajstić information content (AvgIpc) is 2.87. The maximum atomic E-state index is 13.7. The van der Waals surface area contributed by atoms with Crippen LogP contribution in [0.5, 0.6) is 0 Å². The van der Waals surface area contributed by atoms with Crippen LogP contribution in [0.4, 0.5) is 10.2 Å². The summed E-state index contributed by atoms with van der Waals surface area (Å²) in [6, 6.07) is 24.7. The van der Waals surface area contributed by atoms with Crippen molar-refractivity contribution < 1.29 is 4.39 Å². The first-order valence-electron chi connectivity index (χ1n) is 10.4. The molecule has 0 bridgehead atoms. The van der Waals surface area contributed by atoms with E-state index in [1.165, 1.54) is 12.1 Å². The minimum absolute atomic E-state index is 0.268. The molecular weight excluding hydrogens is 433 g/mol. The van der Waals surface area contributed by atoms with Crippen LogP contribution in [-0.2, 0) is 6.54 Å². The number of nitrogens with zero attached hydrogens (tertiary/aromatic N) is 3. The summed E-state index contributed by atoms with van der Waals surface area (Å²) < 4.78 is 13.7. The zero-order chi connectivity index (χ0) is 22.6. The number of benzene rings is 3. The van der Waals surface area contributed by atoms with Crippen molar-refractivity contribution in [3.8, 4) is 22.4 Å². The van der Waals surface area contributed by atoms with Crippen molar-refractivity contribution >= 4 is 28.5 Å². The number of nitrogens with one attached hydrogen (secondary N) is 1. The van der Waals surface area contributed by atoms with Crippen molar-refractivity contribution in [2.24, 2.45) is 5.14 Å². The lowest BCUT2D eigenvalue weighted by Gasteiger charge is -2.15. The van der Waals surface area contributed by atoms with Gasteiger partial charge < -0.3 is 5.32 Å². The monoisotopic (exact) mass is 453 g/mol. The van der Waals surface area contributed by atoms with Gasteiger partial charge in [0.15, 0.2) is 5.82 Å². The summed E-state index contributed by atoms with van der Waals surface area (Å²) in [4.78, 5) is 5.15. The van der Waals surface area contributed by atoms with E-state index in [4.69, 9.17) is 5.14 Å². The SMILES string of the molecule is NSc1cncc(-c2nnc(NCc3cccc(F)c3)c3c(-c4ccccc4)cccc23)c1. The highest BCUT2D eigenvalue weighted by atomic mass is 32.2. The van der Waals surface area contributed by atoms with Gasteiger partial charge in [0.1, 0.15) is 11.5 Å². The largest absolute Gasteiger partial charge is 0.364 e. The quantitative estimate of drug-likeness (QED) is 0.304. The Kier molecular flexibility index (Phi) is 5.97. The van der Waals surface area contributed by atoms with Gasteiger partial charge in [0.05, 0.1) is 0 Å². The molecule has 7 heteroatoms. The molecule has 0 saturated carbocycles. The van der Waals surface area contributed by atoms with Crippen LogP contribution in [0.25, 0.3) is 33.2 Å². The third-order valence-electron chi connectivity index (χ3n) is 5.36. The first-order chi connectivity index (χ1) is 16.2. The lowest BCUT2D eigenvalue weighted by Crippen LogP contribution is -2.05. The summed E-state index contributed by atoms with van der Waals surface area (Å²) in [5.41, 5.74) is 4.49. The molecule has 0 aliphatic heterocycles. The first kappa shape index (κ1) is 21.1. The number of fused-ring (bicyclic) bond motifs is 1. The van der Waals surface area contributed by atoms with Gasteiger partial charge >= 0.3 is 0 Å². The second-order valence-electron chi connectivity index (χ2n) is 7.50. The van der Waals surface area contributed by atoms with Gasteiger partial charge in [-0.3, -0.25) is 10.1 Å². The lowest BCUT2D eigenvalue weighted by molar-refractivity contribution is 0.626. The van der Waals surface area contributed by atoms with Crippen molar-refractivity contribution in [3.05, 3.63) is 103 Å². The molecule has 2 heterocycles. The molecule has 162 valence electrons. The Morgan fingerprint density at radius 2 is 1.70 bits per heavy atom. The molecule has 3 N–H and O–H groups in total. The molecular formula is C26H20FN5S. The number of halogens is 1. The Morgan fingerprint density at radius 1 is 0.848 bits per heavy atom. The zero-order valence-corrected chi connectivity index (χ0v) is 18.4. The molecule has 2 aromatic heterocycles. The molecule has 0 amide bonds. The number of hydrogen-bond donors (Lipinski definition) is 2. The van der Waals surface area contributed by atoms with Crippen LogP contribution >= 0.6 is 11.9 Å². The van der Waals surface area contributed by atoms with Gasteiger partial charge in [0.25, 0.3) is 0 Å². The summed E-state index contributed by atoms with van der Waals surface area (Å²) in [6.07, 6.45) is 3.48. The smallest absolute Gasteiger partial charge is 0.157 e. The molecule has 0 radical (unpaired) electrons. The highest BCUT2D eigenvalue weighted by molar-refractivity contribution is 7.97. The second kappa shape index (κ2) is 9.36. The maximum Gasteiger partial charge on any atom is 0.157 e. The van der Waals surface area contributed by atoms with E-state index >= 15 is 0 Å². The van der Waals surface area contributed by atoms with Crippen LogP contribution in [0.15, 0.2) is 96.2 Å². The average molecular weight is 454 g/mol. The summed E-state index contributed by atoms with van der Waals surface area (Å²) in [5, 5.41) is 20.1. The zero-order valence-electron chi connectivity index (χ0n) is 17.6. The fraction of sp³-hybridized carbons (Fsp3) is 0.0385. The van der Waals surface area contributed by atoms with Gasteiger partial charge in [0.2, 0.25) is 0 Å². The Balaban J connectivity index is 1.68. The van der Waals surface area contributed by atoms with Gasteiger partial charge in [-0.15, -0.1) is 10.2 Å². The topological polar surface area (TPSA) is 76.7 Å². The van der Waals surface area contributed by atoms with Crippen molar-refractivity contribution in [3.63, 3.8) is 0 Å². The third kappa shape index (κ3) is 4.41. The molecule has 0 atom stereocenters. The summed E-state index contributed by atoms with van der Waals surface area (Å²) >= 11 is 1.14. The molecule has 3 aromatic carbocycles. The van der Waals surface area contributed by atoms with E-state index in [-0.39, 0.29) is 5.82 Å². The van der Waals surface area contributed by atoms with E-state index < -0.39 is 0 Å². The standard InChI is InChI=1S/C26H20FN5S/c27-20-9-4-6-17(12-20)14-30-26-24-22(18-7-2-1-3-8-18)10-5-11-23(24)25(31-32-26)19-13-21(33-28)16-29-15-19/h1-13,15-16H,14,28H2,(H,30,32). The Hall–Kier alpha value is -3.81. The molecule has 0 fully saturated rings. The van der Waals surface area contributed by atoms with Crippen LogP contribution < -0.4 is 10.5 Å². The van der Waals surface area contributed by atoms with E-state index in [0.717, 1.165) is 55.6 Å². The van der Waals surface area contributed by atoms with Gasteiger partial charge in [0, 0.05) is 40.2 Å². The molecule has 0 saturated heterocycles.